The number of alkyl halides is 1. The molecule has 0 bridgehead atoms. The smallest absolute Gasteiger partial charge is 0.131 e. The van der Waals surface area contributed by atoms with Crippen molar-refractivity contribution in [3.8, 4) is 0 Å². The number of hydrogen-bond acceptors (Lipinski definition) is 2. The van der Waals surface area contributed by atoms with Crippen molar-refractivity contribution < 1.29 is 8.78 Å². The van der Waals surface area contributed by atoms with E-state index in [2.05, 4.69) is 26.6 Å². The number of fused-ring (bicyclic) bond motifs is 1. The molecule has 1 aromatic carbocycles. The summed E-state index contributed by atoms with van der Waals surface area (Å²) < 4.78 is 28.1. The Labute approximate surface area is 118 Å². The van der Waals surface area contributed by atoms with Crippen LogP contribution in [0.3, 0.4) is 0 Å². The summed E-state index contributed by atoms with van der Waals surface area (Å²) in [5.41, 5.74) is 2.60. The van der Waals surface area contributed by atoms with Crippen molar-refractivity contribution in [3.05, 3.63) is 58.4 Å². The molecule has 1 saturated heterocycles. The largest absolute Gasteiger partial charge is 0.387 e. The fourth-order valence-electron chi connectivity index (χ4n) is 2.54. The first-order chi connectivity index (χ1) is 9.08. The molecule has 0 amide bonds. The second-order valence-electron chi connectivity index (χ2n) is 4.79. The summed E-state index contributed by atoms with van der Waals surface area (Å²) >= 11 is 3.53. The molecule has 2 aliphatic heterocycles. The van der Waals surface area contributed by atoms with Gasteiger partial charge in [-0.2, -0.15) is 0 Å². The Bertz CT molecular complexity index is 572. The first-order valence-electron chi connectivity index (χ1n) is 6.08. The predicted molar refractivity (Wildman–Crippen MR) is 73.9 cm³/mol. The average Bonchev–Trinajstić information content (AvgIpc) is 2.66. The Balaban J connectivity index is 2.05. The molecule has 1 fully saturated rings. The Morgan fingerprint density at radius 2 is 1.95 bits per heavy atom. The van der Waals surface area contributed by atoms with Crippen LogP contribution in [0.5, 0.6) is 0 Å². The maximum atomic E-state index is 14.1. The van der Waals surface area contributed by atoms with Crippen molar-refractivity contribution in [2.24, 2.45) is 0 Å². The van der Waals surface area contributed by atoms with Gasteiger partial charge in [0.05, 0.1) is 10.9 Å². The van der Waals surface area contributed by atoms with Crippen LogP contribution in [-0.4, -0.2) is 11.4 Å². The lowest BCUT2D eigenvalue weighted by atomic mass is 10.00. The molecule has 2 N–H and O–H groups in total. The summed E-state index contributed by atoms with van der Waals surface area (Å²) in [6, 6.07) is 2.30. The lowest BCUT2D eigenvalue weighted by molar-refractivity contribution is 0.516. The monoisotopic (exact) mass is 326 g/mol. The third kappa shape index (κ3) is 2.06. The topological polar surface area (TPSA) is 24.1 Å². The molecule has 0 radical (unpaired) electrons. The van der Waals surface area contributed by atoms with Crippen LogP contribution in [0.2, 0.25) is 0 Å². The number of aryl methyl sites for hydroxylation is 1. The summed E-state index contributed by atoms with van der Waals surface area (Å²) in [7, 11) is 0. The number of allylic oxidation sites excluding steroid dienone is 1. The van der Waals surface area contributed by atoms with Crippen molar-refractivity contribution >= 4 is 15.9 Å². The highest BCUT2D eigenvalue weighted by Gasteiger charge is 2.37. The highest BCUT2D eigenvalue weighted by molar-refractivity contribution is 9.09. The third-order valence-corrected chi connectivity index (χ3v) is 4.45. The van der Waals surface area contributed by atoms with Crippen LogP contribution in [0.15, 0.2) is 35.7 Å². The molecule has 0 aliphatic carbocycles. The fourth-order valence-corrected chi connectivity index (χ4v) is 3.32. The normalized spacial score (nSPS) is 25.1. The van der Waals surface area contributed by atoms with Crippen LogP contribution >= 0.6 is 15.9 Å². The maximum Gasteiger partial charge on any atom is 0.131 e. The molecule has 2 heterocycles. The molecular formula is C14H13BrF2N2. The van der Waals surface area contributed by atoms with Gasteiger partial charge in [0.15, 0.2) is 0 Å². The van der Waals surface area contributed by atoms with Crippen molar-refractivity contribution in [2.45, 2.75) is 17.8 Å². The zero-order valence-corrected chi connectivity index (χ0v) is 11.9. The second kappa shape index (κ2) is 4.63. The Morgan fingerprint density at radius 1 is 1.26 bits per heavy atom. The van der Waals surface area contributed by atoms with Crippen LogP contribution < -0.4 is 10.6 Å². The average molecular weight is 327 g/mol. The van der Waals surface area contributed by atoms with Gasteiger partial charge in [0, 0.05) is 29.6 Å². The standard InChI is InChI=1S/C14H13BrF2N2/c1-7-4-9(16)12(10(17)5-7)14-13(15)8-6-18-3-2-11(8)19-14/h2,4-6,13-14,18-19H,3H2,1H3. The summed E-state index contributed by atoms with van der Waals surface area (Å²) in [5, 5.41) is 6.29. The molecule has 2 unspecified atom stereocenters. The molecule has 2 nitrogen and oxygen atoms in total. The molecule has 100 valence electrons. The highest BCUT2D eigenvalue weighted by Crippen LogP contribution is 2.40. The zero-order chi connectivity index (χ0) is 13.6. The van der Waals surface area contributed by atoms with Gasteiger partial charge in [0.2, 0.25) is 0 Å². The van der Waals surface area contributed by atoms with E-state index in [1.54, 1.807) is 6.92 Å². The Hall–Kier alpha value is -1.36. The van der Waals surface area contributed by atoms with Gasteiger partial charge in [-0.25, -0.2) is 8.78 Å². The predicted octanol–water partition coefficient (Wildman–Crippen LogP) is 3.05. The van der Waals surface area contributed by atoms with Crippen molar-refractivity contribution in [1.82, 2.24) is 10.6 Å². The summed E-state index contributed by atoms with van der Waals surface area (Å²) in [4.78, 5) is -0.154. The van der Waals surface area contributed by atoms with Gasteiger partial charge >= 0.3 is 0 Å². The van der Waals surface area contributed by atoms with E-state index in [1.165, 1.54) is 12.1 Å². The molecule has 0 spiro atoms. The molecule has 0 saturated carbocycles. The van der Waals surface area contributed by atoms with E-state index >= 15 is 0 Å². The van der Waals surface area contributed by atoms with Crippen LogP contribution in [0.4, 0.5) is 8.78 Å². The summed E-state index contributed by atoms with van der Waals surface area (Å²) in [6.07, 6.45) is 3.86. The number of nitrogens with one attached hydrogen (secondary N) is 2. The quantitative estimate of drug-likeness (QED) is 0.775. The minimum Gasteiger partial charge on any atom is -0.387 e. The number of dihydropyridines is 1. The Kier molecular flexibility index (Phi) is 3.09. The van der Waals surface area contributed by atoms with Crippen LogP contribution in [0.25, 0.3) is 0 Å². The van der Waals surface area contributed by atoms with E-state index in [4.69, 9.17) is 0 Å². The number of hydrogen-bond donors (Lipinski definition) is 2. The van der Waals surface area contributed by atoms with E-state index in [0.717, 1.165) is 17.8 Å². The van der Waals surface area contributed by atoms with Gasteiger partial charge < -0.3 is 10.6 Å². The lowest BCUT2D eigenvalue weighted by Gasteiger charge is -2.17. The Morgan fingerprint density at radius 3 is 2.58 bits per heavy atom. The lowest BCUT2D eigenvalue weighted by Crippen LogP contribution is -2.20. The van der Waals surface area contributed by atoms with Crippen LogP contribution in [0.1, 0.15) is 17.2 Å². The first-order valence-corrected chi connectivity index (χ1v) is 6.99. The van der Waals surface area contributed by atoms with E-state index in [-0.39, 0.29) is 10.4 Å². The second-order valence-corrected chi connectivity index (χ2v) is 5.78. The van der Waals surface area contributed by atoms with Crippen molar-refractivity contribution in [1.29, 1.82) is 0 Å². The molecular weight excluding hydrogens is 314 g/mol. The SMILES string of the molecule is Cc1cc(F)c(C2NC3=CCNC=C3C2Br)c(F)c1. The van der Waals surface area contributed by atoms with E-state index in [0.29, 0.717) is 5.56 Å². The molecule has 2 aliphatic rings. The van der Waals surface area contributed by atoms with Crippen molar-refractivity contribution in [3.63, 3.8) is 0 Å². The fraction of sp³-hybridized carbons (Fsp3) is 0.286. The van der Waals surface area contributed by atoms with Gasteiger partial charge in [-0.05, 0) is 30.7 Å². The number of benzene rings is 1. The van der Waals surface area contributed by atoms with Crippen LogP contribution in [-0.2, 0) is 0 Å². The molecule has 19 heavy (non-hydrogen) atoms. The molecule has 0 aromatic heterocycles. The third-order valence-electron chi connectivity index (χ3n) is 3.43. The van der Waals surface area contributed by atoms with E-state index in [9.17, 15) is 8.78 Å². The number of halogens is 3. The molecule has 3 rings (SSSR count). The summed E-state index contributed by atoms with van der Waals surface area (Å²) in [5.74, 6) is -1.01. The van der Waals surface area contributed by atoms with Gasteiger partial charge in [-0.3, -0.25) is 0 Å². The maximum absolute atomic E-state index is 14.1. The van der Waals surface area contributed by atoms with E-state index < -0.39 is 17.7 Å². The van der Waals surface area contributed by atoms with Gasteiger partial charge in [-0.15, -0.1) is 0 Å². The van der Waals surface area contributed by atoms with Gasteiger partial charge in [-0.1, -0.05) is 15.9 Å². The number of rotatable bonds is 1. The van der Waals surface area contributed by atoms with Gasteiger partial charge in [0.25, 0.3) is 0 Å². The molecule has 1 aromatic rings. The minimum atomic E-state index is -0.507. The molecule has 2 atom stereocenters. The molecule has 5 heteroatoms. The van der Waals surface area contributed by atoms with E-state index in [1.807, 2.05) is 12.3 Å². The highest BCUT2D eigenvalue weighted by atomic mass is 79.9. The van der Waals surface area contributed by atoms with Crippen molar-refractivity contribution in [2.75, 3.05) is 6.54 Å². The first kappa shape index (κ1) is 12.7. The summed E-state index contributed by atoms with van der Waals surface area (Å²) in [6.45, 7) is 2.40. The zero-order valence-electron chi connectivity index (χ0n) is 10.3. The minimum absolute atomic E-state index is 0.0867. The van der Waals surface area contributed by atoms with Crippen LogP contribution in [0, 0.1) is 18.6 Å². The van der Waals surface area contributed by atoms with Gasteiger partial charge in [0.1, 0.15) is 11.6 Å².